The normalized spacial score (nSPS) is 12.3. The Hall–Kier alpha value is -2.69. The van der Waals surface area contributed by atoms with Crippen LogP contribution in [-0.4, -0.2) is 20.5 Å². The van der Waals surface area contributed by atoms with Crippen molar-refractivity contribution in [2.24, 2.45) is 0 Å². The van der Waals surface area contributed by atoms with Gasteiger partial charge < -0.3 is 5.32 Å². The fraction of sp³-hybridized carbons (Fsp3) is 0.235. The summed E-state index contributed by atoms with van der Waals surface area (Å²) in [6.45, 7) is 5.85. The maximum Gasteiger partial charge on any atom is 0.255 e. The number of hydrogen-bond donors (Lipinski definition) is 1. The molecule has 0 radical (unpaired) electrons. The average Bonchev–Trinajstić information content (AvgIpc) is 2.90. The molecule has 0 aliphatic rings. The maximum atomic E-state index is 12.5. The van der Waals surface area contributed by atoms with Crippen LogP contribution < -0.4 is 5.32 Å². The van der Waals surface area contributed by atoms with E-state index in [0.717, 1.165) is 22.5 Å². The lowest BCUT2D eigenvalue weighted by atomic mass is 10.1. The first-order valence-corrected chi connectivity index (χ1v) is 7.23. The van der Waals surface area contributed by atoms with Crippen LogP contribution in [0, 0.1) is 13.8 Å². The van der Waals surface area contributed by atoms with Crippen molar-refractivity contribution in [1.82, 2.24) is 19.9 Å². The number of carbonyl (C=O) groups excluding carboxylic acids is 1. The molecule has 3 aromatic rings. The lowest BCUT2D eigenvalue weighted by molar-refractivity contribution is 0.0940. The molecule has 0 spiro atoms. The summed E-state index contributed by atoms with van der Waals surface area (Å²) in [5, 5.41) is 7.21. The van der Waals surface area contributed by atoms with Gasteiger partial charge in [-0.15, -0.1) is 0 Å². The number of nitrogens with one attached hydrogen (secondary N) is 1. The van der Waals surface area contributed by atoms with Gasteiger partial charge in [0.05, 0.1) is 29.0 Å². The summed E-state index contributed by atoms with van der Waals surface area (Å²) in [5.41, 5.74) is 4.25. The second-order valence-corrected chi connectivity index (χ2v) is 5.49. The van der Waals surface area contributed by atoms with E-state index in [9.17, 15) is 4.79 Å². The maximum absolute atomic E-state index is 12.5. The van der Waals surface area contributed by atoms with Crippen LogP contribution in [0.5, 0.6) is 0 Å². The first-order valence-electron chi connectivity index (χ1n) is 7.23. The van der Waals surface area contributed by atoms with Crippen LogP contribution in [0.1, 0.15) is 40.3 Å². The third kappa shape index (κ3) is 2.70. The number of amides is 1. The Morgan fingerprint density at radius 2 is 2.05 bits per heavy atom. The molecule has 0 saturated heterocycles. The Bertz CT molecular complexity index is 838. The van der Waals surface area contributed by atoms with E-state index in [1.807, 2.05) is 57.3 Å². The summed E-state index contributed by atoms with van der Waals surface area (Å²) in [4.78, 5) is 16.9. The van der Waals surface area contributed by atoms with Crippen LogP contribution in [0.15, 0.2) is 42.7 Å². The Morgan fingerprint density at radius 3 is 2.82 bits per heavy atom. The van der Waals surface area contributed by atoms with Gasteiger partial charge in [-0.25, -0.2) is 4.52 Å². The van der Waals surface area contributed by atoms with E-state index in [2.05, 4.69) is 15.4 Å². The zero-order valence-corrected chi connectivity index (χ0v) is 12.9. The van der Waals surface area contributed by atoms with E-state index in [1.165, 1.54) is 0 Å². The molecular formula is C17H18N4O. The molecule has 0 aliphatic carbocycles. The van der Waals surface area contributed by atoms with Gasteiger partial charge in [0, 0.05) is 11.9 Å². The Balaban J connectivity index is 1.84. The quantitative estimate of drug-likeness (QED) is 0.808. The van der Waals surface area contributed by atoms with Crippen LogP contribution in [0.25, 0.3) is 5.52 Å². The molecular weight excluding hydrogens is 276 g/mol. The lowest BCUT2D eigenvalue weighted by Crippen LogP contribution is -2.27. The second-order valence-electron chi connectivity index (χ2n) is 5.49. The molecule has 1 amide bonds. The van der Waals surface area contributed by atoms with E-state index in [1.54, 1.807) is 10.7 Å². The fourth-order valence-electron chi connectivity index (χ4n) is 2.42. The molecule has 5 nitrogen and oxygen atoms in total. The minimum Gasteiger partial charge on any atom is -0.344 e. The Kier molecular flexibility index (Phi) is 3.63. The van der Waals surface area contributed by atoms with Crippen LogP contribution >= 0.6 is 0 Å². The number of fused-ring (bicyclic) bond motifs is 1. The van der Waals surface area contributed by atoms with Crippen LogP contribution in [-0.2, 0) is 0 Å². The molecule has 5 heteroatoms. The predicted octanol–water partition coefficient (Wildman–Crippen LogP) is 2.84. The Morgan fingerprint density at radius 1 is 1.23 bits per heavy atom. The summed E-state index contributed by atoms with van der Waals surface area (Å²) in [7, 11) is 0. The van der Waals surface area contributed by atoms with E-state index >= 15 is 0 Å². The topological polar surface area (TPSA) is 59.3 Å². The van der Waals surface area contributed by atoms with E-state index in [-0.39, 0.29) is 11.9 Å². The number of pyridine rings is 2. The van der Waals surface area contributed by atoms with Crippen molar-refractivity contribution >= 4 is 11.4 Å². The van der Waals surface area contributed by atoms with Gasteiger partial charge in [0.1, 0.15) is 0 Å². The smallest absolute Gasteiger partial charge is 0.255 e. The number of aryl methyl sites for hydroxylation is 2. The van der Waals surface area contributed by atoms with Gasteiger partial charge >= 0.3 is 0 Å². The number of hydrogen-bond acceptors (Lipinski definition) is 3. The summed E-state index contributed by atoms with van der Waals surface area (Å²) in [6.07, 6.45) is 3.50. The van der Waals surface area contributed by atoms with Crippen molar-refractivity contribution in [3.8, 4) is 0 Å². The molecule has 3 heterocycles. The minimum atomic E-state index is -0.159. The van der Waals surface area contributed by atoms with Gasteiger partial charge in [0.2, 0.25) is 0 Å². The molecule has 0 saturated carbocycles. The first-order chi connectivity index (χ1) is 10.5. The minimum absolute atomic E-state index is 0.144. The second kappa shape index (κ2) is 5.60. The number of aromatic nitrogens is 3. The van der Waals surface area contributed by atoms with Crippen molar-refractivity contribution in [2.45, 2.75) is 26.8 Å². The molecule has 1 N–H and O–H groups in total. The van der Waals surface area contributed by atoms with Gasteiger partial charge in [-0.1, -0.05) is 12.1 Å². The molecule has 0 fully saturated rings. The van der Waals surface area contributed by atoms with Gasteiger partial charge in [-0.05, 0) is 44.5 Å². The Labute approximate surface area is 129 Å². The monoisotopic (exact) mass is 294 g/mol. The molecule has 0 bridgehead atoms. The highest BCUT2D eigenvalue weighted by atomic mass is 16.1. The lowest BCUT2D eigenvalue weighted by Gasteiger charge is -2.13. The fourth-order valence-corrected chi connectivity index (χ4v) is 2.42. The van der Waals surface area contributed by atoms with Gasteiger partial charge in [-0.3, -0.25) is 9.78 Å². The van der Waals surface area contributed by atoms with Crippen LogP contribution in [0.2, 0.25) is 0 Å². The molecule has 1 atom stereocenters. The summed E-state index contributed by atoms with van der Waals surface area (Å²) >= 11 is 0. The SMILES string of the molecule is Cc1ccc2c(C(=O)NC(C)c3cccc(C)n3)cnn2c1. The molecule has 0 aromatic carbocycles. The number of nitrogens with zero attached hydrogens (tertiary/aromatic N) is 3. The van der Waals surface area contributed by atoms with E-state index < -0.39 is 0 Å². The van der Waals surface area contributed by atoms with Gasteiger partial charge in [0.25, 0.3) is 5.91 Å². The van der Waals surface area contributed by atoms with Crippen molar-refractivity contribution in [1.29, 1.82) is 0 Å². The highest BCUT2D eigenvalue weighted by Crippen LogP contribution is 2.15. The standard InChI is InChI=1S/C17H18N4O/c1-11-7-8-16-14(9-18-21(16)10-11)17(22)20-13(3)15-6-4-5-12(2)19-15/h4-10,13H,1-3H3,(H,20,22). The largest absolute Gasteiger partial charge is 0.344 e. The molecule has 0 aliphatic heterocycles. The van der Waals surface area contributed by atoms with Crippen LogP contribution in [0.3, 0.4) is 0 Å². The van der Waals surface area contributed by atoms with Crippen molar-refractivity contribution in [3.63, 3.8) is 0 Å². The van der Waals surface area contributed by atoms with E-state index in [0.29, 0.717) is 5.56 Å². The van der Waals surface area contributed by atoms with Crippen molar-refractivity contribution < 1.29 is 4.79 Å². The third-order valence-electron chi connectivity index (χ3n) is 3.61. The molecule has 22 heavy (non-hydrogen) atoms. The number of rotatable bonds is 3. The van der Waals surface area contributed by atoms with Crippen molar-refractivity contribution in [3.05, 3.63) is 65.2 Å². The zero-order chi connectivity index (χ0) is 15.7. The summed E-state index contributed by atoms with van der Waals surface area (Å²) < 4.78 is 1.72. The zero-order valence-electron chi connectivity index (χ0n) is 12.9. The molecule has 112 valence electrons. The number of carbonyl (C=O) groups is 1. The van der Waals surface area contributed by atoms with Gasteiger partial charge in [-0.2, -0.15) is 5.10 Å². The molecule has 1 unspecified atom stereocenters. The van der Waals surface area contributed by atoms with Crippen LogP contribution in [0.4, 0.5) is 0 Å². The highest BCUT2D eigenvalue weighted by molar-refractivity contribution is 6.00. The predicted molar refractivity (Wildman–Crippen MR) is 84.8 cm³/mol. The van der Waals surface area contributed by atoms with E-state index in [4.69, 9.17) is 0 Å². The first kappa shape index (κ1) is 14.3. The van der Waals surface area contributed by atoms with Gasteiger partial charge in [0.15, 0.2) is 0 Å². The van der Waals surface area contributed by atoms with Crippen molar-refractivity contribution in [2.75, 3.05) is 0 Å². The third-order valence-corrected chi connectivity index (χ3v) is 3.61. The molecule has 3 aromatic heterocycles. The summed E-state index contributed by atoms with van der Waals surface area (Å²) in [6, 6.07) is 9.51. The molecule has 3 rings (SSSR count). The average molecular weight is 294 g/mol. The highest BCUT2D eigenvalue weighted by Gasteiger charge is 2.16. The summed E-state index contributed by atoms with van der Waals surface area (Å²) in [5.74, 6) is -0.144.